The van der Waals surface area contributed by atoms with Crippen molar-refractivity contribution in [1.29, 1.82) is 5.26 Å². The van der Waals surface area contributed by atoms with Crippen molar-refractivity contribution in [1.82, 2.24) is 5.32 Å². The second kappa shape index (κ2) is 8.39. The molecular weight excluding hydrogens is 396 g/mol. The van der Waals surface area contributed by atoms with Crippen LogP contribution in [0, 0.1) is 11.3 Å². The van der Waals surface area contributed by atoms with Gasteiger partial charge in [0.05, 0.1) is 23.8 Å². The van der Waals surface area contributed by atoms with E-state index in [1.807, 2.05) is 6.07 Å². The smallest absolute Gasteiger partial charge is 0.317 e. The molecule has 1 atom stereocenters. The number of halogens is 4. The lowest BCUT2D eigenvalue weighted by molar-refractivity contribution is 0.0574. The average molecular weight is 412 g/mol. The third-order valence-corrected chi connectivity index (χ3v) is 5.23. The molecule has 0 aliphatic carbocycles. The Morgan fingerprint density at radius 2 is 2.07 bits per heavy atom. The van der Waals surface area contributed by atoms with Gasteiger partial charge in [-0.05, 0) is 42.1 Å². The van der Waals surface area contributed by atoms with Gasteiger partial charge in [0.15, 0.2) is 0 Å². The molecule has 28 heavy (non-hydrogen) atoms. The Labute approximate surface area is 163 Å². The zero-order chi connectivity index (χ0) is 20.3. The van der Waals surface area contributed by atoms with Crippen LogP contribution in [0.2, 0.25) is 0 Å². The summed E-state index contributed by atoms with van der Waals surface area (Å²) < 4.78 is 67.1. The molecule has 1 unspecified atom stereocenters. The Hall–Kier alpha value is -2.28. The summed E-state index contributed by atoms with van der Waals surface area (Å²) >= 11 is 0.244. The number of fused-ring (bicyclic) bond motifs is 1. The standard InChI is InChI=1S/C19H16F4N2O2S/c1-26-8-7-25-17-16-14(28-19(17,22)23)6-5-13(15(16)18(20)21)27-12-4-2-3-11(9-12)10-24/h2-6,9,17-18,25H,7-8H2,1H3. The van der Waals surface area contributed by atoms with Crippen LogP contribution in [0.1, 0.15) is 29.2 Å². The number of nitriles is 1. The molecule has 1 aliphatic rings. The van der Waals surface area contributed by atoms with E-state index in [1.54, 1.807) is 6.07 Å². The van der Waals surface area contributed by atoms with Crippen LogP contribution in [0.15, 0.2) is 41.3 Å². The van der Waals surface area contributed by atoms with Gasteiger partial charge in [0.25, 0.3) is 6.43 Å². The van der Waals surface area contributed by atoms with Crippen LogP contribution in [0.3, 0.4) is 0 Å². The Morgan fingerprint density at radius 3 is 2.75 bits per heavy atom. The molecule has 1 heterocycles. The highest BCUT2D eigenvalue weighted by molar-refractivity contribution is 8.00. The zero-order valence-electron chi connectivity index (χ0n) is 14.7. The van der Waals surface area contributed by atoms with E-state index in [2.05, 4.69) is 5.32 Å². The molecule has 0 fully saturated rings. The summed E-state index contributed by atoms with van der Waals surface area (Å²) in [7, 11) is 1.42. The van der Waals surface area contributed by atoms with Gasteiger partial charge in [-0.3, -0.25) is 0 Å². The Balaban J connectivity index is 2.02. The predicted molar refractivity (Wildman–Crippen MR) is 96.1 cm³/mol. The molecule has 2 aromatic carbocycles. The number of benzene rings is 2. The number of hydrogen-bond acceptors (Lipinski definition) is 5. The van der Waals surface area contributed by atoms with Crippen molar-refractivity contribution in [2.45, 2.75) is 22.6 Å². The molecule has 0 spiro atoms. The minimum Gasteiger partial charge on any atom is -0.457 e. The fourth-order valence-corrected chi connectivity index (χ4v) is 4.04. The lowest BCUT2D eigenvalue weighted by Crippen LogP contribution is -2.34. The number of hydrogen-bond donors (Lipinski definition) is 1. The van der Waals surface area contributed by atoms with Gasteiger partial charge in [0.2, 0.25) is 0 Å². The summed E-state index contributed by atoms with van der Waals surface area (Å²) in [5.41, 5.74) is -0.465. The van der Waals surface area contributed by atoms with Crippen LogP contribution < -0.4 is 10.1 Å². The first-order valence-corrected chi connectivity index (χ1v) is 9.11. The van der Waals surface area contributed by atoms with Gasteiger partial charge in [0.1, 0.15) is 17.5 Å². The van der Waals surface area contributed by atoms with Crippen molar-refractivity contribution in [3.05, 3.63) is 53.1 Å². The number of nitrogens with one attached hydrogen (secondary N) is 1. The molecule has 9 heteroatoms. The minimum atomic E-state index is -3.29. The van der Waals surface area contributed by atoms with Gasteiger partial charge in [-0.15, -0.1) is 0 Å². The monoisotopic (exact) mass is 412 g/mol. The lowest BCUT2D eigenvalue weighted by Gasteiger charge is -2.22. The first-order chi connectivity index (χ1) is 13.4. The van der Waals surface area contributed by atoms with Crippen molar-refractivity contribution in [2.24, 2.45) is 0 Å². The Kier molecular flexibility index (Phi) is 6.13. The lowest BCUT2D eigenvalue weighted by atomic mass is 9.99. The second-order valence-electron chi connectivity index (χ2n) is 5.98. The van der Waals surface area contributed by atoms with E-state index >= 15 is 0 Å². The highest BCUT2D eigenvalue weighted by Crippen LogP contribution is 2.57. The van der Waals surface area contributed by atoms with Gasteiger partial charge >= 0.3 is 5.25 Å². The number of nitrogens with zero attached hydrogens (tertiary/aromatic N) is 1. The molecule has 0 aromatic heterocycles. The third kappa shape index (κ3) is 4.09. The van der Waals surface area contributed by atoms with E-state index in [0.29, 0.717) is 5.56 Å². The quantitative estimate of drug-likeness (QED) is 0.496. The molecule has 0 saturated heterocycles. The van der Waals surface area contributed by atoms with Gasteiger partial charge in [-0.2, -0.15) is 14.0 Å². The number of ether oxygens (including phenoxy) is 2. The molecule has 1 N–H and O–H groups in total. The zero-order valence-corrected chi connectivity index (χ0v) is 15.5. The van der Waals surface area contributed by atoms with Crippen molar-refractivity contribution >= 4 is 11.8 Å². The maximum atomic E-state index is 14.5. The van der Waals surface area contributed by atoms with Gasteiger partial charge in [-0.1, -0.05) is 6.07 Å². The maximum Gasteiger partial charge on any atom is 0.317 e. The molecule has 1 aliphatic heterocycles. The summed E-state index contributed by atoms with van der Waals surface area (Å²) in [6, 6.07) is 8.90. The Morgan fingerprint density at radius 1 is 1.29 bits per heavy atom. The van der Waals surface area contributed by atoms with Crippen LogP contribution in [0.25, 0.3) is 0 Å². The molecule has 2 aromatic rings. The first kappa shape index (κ1) is 20.5. The van der Waals surface area contributed by atoms with E-state index < -0.39 is 23.3 Å². The average Bonchev–Trinajstić information content (AvgIpc) is 2.91. The number of alkyl halides is 4. The van der Waals surface area contributed by atoms with Crippen LogP contribution in [0.5, 0.6) is 11.5 Å². The highest BCUT2D eigenvalue weighted by atomic mass is 32.2. The minimum absolute atomic E-state index is 0.0772. The highest BCUT2D eigenvalue weighted by Gasteiger charge is 2.51. The molecule has 0 amide bonds. The molecule has 0 bridgehead atoms. The van der Waals surface area contributed by atoms with Crippen molar-refractivity contribution in [2.75, 3.05) is 20.3 Å². The topological polar surface area (TPSA) is 54.3 Å². The summed E-state index contributed by atoms with van der Waals surface area (Å²) in [6.45, 7) is 0.239. The first-order valence-electron chi connectivity index (χ1n) is 8.29. The van der Waals surface area contributed by atoms with E-state index in [0.717, 1.165) is 0 Å². The van der Waals surface area contributed by atoms with E-state index in [4.69, 9.17) is 14.7 Å². The molecule has 4 nitrogen and oxygen atoms in total. The SMILES string of the molecule is COCCNC1c2c(ccc(Oc3cccc(C#N)c3)c2C(F)F)SC1(F)F. The Bertz CT molecular complexity index is 902. The van der Waals surface area contributed by atoms with Crippen LogP contribution in [-0.4, -0.2) is 25.5 Å². The van der Waals surface area contributed by atoms with E-state index in [1.165, 1.54) is 37.4 Å². The third-order valence-electron chi connectivity index (χ3n) is 4.14. The van der Waals surface area contributed by atoms with Crippen molar-refractivity contribution in [3.63, 3.8) is 0 Å². The van der Waals surface area contributed by atoms with Gasteiger partial charge in [-0.25, -0.2) is 8.78 Å². The molecule has 0 saturated carbocycles. The summed E-state index contributed by atoms with van der Waals surface area (Å²) in [6.07, 6.45) is -3.02. The predicted octanol–water partition coefficient (Wildman–Crippen LogP) is 5.26. The second-order valence-corrected chi connectivity index (χ2v) is 7.16. The van der Waals surface area contributed by atoms with Crippen LogP contribution in [-0.2, 0) is 4.74 Å². The molecule has 3 rings (SSSR count). The molecule has 0 radical (unpaired) electrons. The summed E-state index contributed by atoms with van der Waals surface area (Å²) in [5.74, 6) is -0.0529. The summed E-state index contributed by atoms with van der Waals surface area (Å²) in [5, 5.41) is 8.28. The van der Waals surface area contributed by atoms with Crippen molar-refractivity contribution in [3.8, 4) is 17.6 Å². The van der Waals surface area contributed by atoms with E-state index in [9.17, 15) is 17.6 Å². The maximum absolute atomic E-state index is 14.5. The number of methoxy groups -OCH3 is 1. The van der Waals surface area contributed by atoms with Gasteiger partial charge in [0, 0.05) is 24.1 Å². The number of rotatable bonds is 7. The van der Waals surface area contributed by atoms with Gasteiger partial charge < -0.3 is 14.8 Å². The van der Waals surface area contributed by atoms with E-state index in [-0.39, 0.29) is 46.9 Å². The normalized spacial score (nSPS) is 17.4. The van der Waals surface area contributed by atoms with Crippen LogP contribution >= 0.6 is 11.8 Å². The fraction of sp³-hybridized carbons (Fsp3) is 0.316. The summed E-state index contributed by atoms with van der Waals surface area (Å²) in [4.78, 5) is 0.0772. The largest absolute Gasteiger partial charge is 0.457 e. The van der Waals surface area contributed by atoms with Crippen LogP contribution in [0.4, 0.5) is 17.6 Å². The van der Waals surface area contributed by atoms with Crippen molar-refractivity contribution < 1.29 is 27.0 Å². The fourth-order valence-electron chi connectivity index (χ4n) is 2.95. The molecular formula is C19H16F4N2O2S. The molecule has 148 valence electrons. The number of thioether (sulfide) groups is 1.